The van der Waals surface area contributed by atoms with E-state index in [-0.39, 0.29) is 30.4 Å². The normalized spacial score (nSPS) is 23.1. The molecule has 0 radical (unpaired) electrons. The molecule has 1 N–H and O–H groups in total. The second kappa shape index (κ2) is 7.45. The summed E-state index contributed by atoms with van der Waals surface area (Å²) in [6.45, 7) is 0.191. The van der Waals surface area contributed by atoms with Gasteiger partial charge in [-0.3, -0.25) is 9.59 Å². The quantitative estimate of drug-likeness (QED) is 0.471. The summed E-state index contributed by atoms with van der Waals surface area (Å²) in [5.41, 5.74) is 4.35. The van der Waals surface area contributed by atoms with Gasteiger partial charge in [-0.05, 0) is 40.8 Å². The molecule has 0 unspecified atom stereocenters. The highest BCUT2D eigenvalue weighted by molar-refractivity contribution is 5.98. The van der Waals surface area contributed by atoms with Crippen molar-refractivity contribution in [2.45, 2.75) is 50.2 Å². The second-order valence-electron chi connectivity index (χ2n) is 9.96. The van der Waals surface area contributed by atoms with Crippen molar-refractivity contribution in [2.24, 2.45) is 0 Å². The maximum atomic E-state index is 13.9. The topological polar surface area (TPSA) is 56.4 Å². The van der Waals surface area contributed by atoms with Gasteiger partial charge in [0.05, 0.1) is 6.04 Å². The van der Waals surface area contributed by atoms with Crippen LogP contribution in [0.25, 0.3) is 21.7 Å². The van der Waals surface area contributed by atoms with Gasteiger partial charge in [0, 0.05) is 29.1 Å². The maximum absolute atomic E-state index is 13.9. The third kappa shape index (κ3) is 2.79. The van der Waals surface area contributed by atoms with Gasteiger partial charge in [0.1, 0.15) is 12.6 Å². The number of nitrogens with one attached hydrogen (secondary N) is 1. The summed E-state index contributed by atoms with van der Waals surface area (Å²) in [7, 11) is 0. The summed E-state index contributed by atoms with van der Waals surface area (Å²) < 4.78 is 0. The molecular weight excluding hydrogens is 422 g/mol. The summed E-state index contributed by atoms with van der Waals surface area (Å²) in [4.78, 5) is 35.2. The van der Waals surface area contributed by atoms with E-state index in [9.17, 15) is 9.59 Å². The molecule has 2 aliphatic heterocycles. The first-order chi connectivity index (χ1) is 16.7. The number of hydrogen-bond donors (Lipinski definition) is 1. The van der Waals surface area contributed by atoms with Crippen molar-refractivity contribution in [3.05, 3.63) is 83.6 Å². The first-order valence-corrected chi connectivity index (χ1v) is 12.4. The first-order valence-electron chi connectivity index (χ1n) is 12.4. The Morgan fingerprint density at radius 1 is 0.824 bits per heavy atom. The summed E-state index contributed by atoms with van der Waals surface area (Å²) in [6, 6.07) is 22.3. The highest BCUT2D eigenvalue weighted by atomic mass is 16.2. The van der Waals surface area contributed by atoms with Crippen LogP contribution in [0.3, 0.4) is 0 Å². The average Bonchev–Trinajstić information content (AvgIpc) is 3.53. The molecule has 5 nitrogen and oxygen atoms in total. The van der Waals surface area contributed by atoms with Gasteiger partial charge in [-0.1, -0.05) is 73.5 Å². The van der Waals surface area contributed by atoms with Crippen LogP contribution >= 0.6 is 0 Å². The Bertz CT molecular complexity index is 1440. The van der Waals surface area contributed by atoms with Gasteiger partial charge in [0.15, 0.2) is 0 Å². The number of aromatic nitrogens is 1. The van der Waals surface area contributed by atoms with E-state index in [1.165, 1.54) is 5.56 Å². The number of H-pyrrole nitrogens is 1. The van der Waals surface area contributed by atoms with Crippen LogP contribution in [-0.2, 0) is 16.0 Å². The Balaban J connectivity index is 1.45. The molecule has 3 heterocycles. The van der Waals surface area contributed by atoms with Crippen LogP contribution in [-0.4, -0.2) is 45.2 Å². The molecule has 34 heavy (non-hydrogen) atoms. The Kier molecular flexibility index (Phi) is 4.35. The highest BCUT2D eigenvalue weighted by Crippen LogP contribution is 2.44. The van der Waals surface area contributed by atoms with Crippen LogP contribution in [0.1, 0.15) is 48.5 Å². The number of amides is 2. The van der Waals surface area contributed by atoms with Crippen molar-refractivity contribution in [2.75, 3.05) is 6.54 Å². The molecule has 3 aliphatic rings. The SMILES string of the molecule is O=C1[C@@H]2Cc3c([nH]c4ccccc34)[C@@H](c3cccc4ccccc34)N2C(=O)CN1C1CCCC1. The number of aromatic amines is 1. The Labute approximate surface area is 198 Å². The molecule has 1 aromatic heterocycles. The predicted octanol–water partition coefficient (Wildman–Crippen LogP) is 4.95. The molecule has 2 amide bonds. The Morgan fingerprint density at radius 3 is 2.41 bits per heavy atom. The van der Waals surface area contributed by atoms with Crippen molar-refractivity contribution >= 4 is 33.5 Å². The van der Waals surface area contributed by atoms with Gasteiger partial charge in [-0.25, -0.2) is 0 Å². The van der Waals surface area contributed by atoms with Gasteiger partial charge in [-0.15, -0.1) is 0 Å². The van der Waals surface area contributed by atoms with Crippen LogP contribution < -0.4 is 0 Å². The maximum Gasteiger partial charge on any atom is 0.246 e. The smallest absolute Gasteiger partial charge is 0.246 e. The minimum absolute atomic E-state index is 0.0544. The number of rotatable bonds is 2. The van der Waals surface area contributed by atoms with Crippen LogP contribution in [0.2, 0.25) is 0 Å². The molecule has 5 heteroatoms. The number of carbonyl (C=O) groups is 2. The van der Waals surface area contributed by atoms with E-state index in [2.05, 4.69) is 53.5 Å². The van der Waals surface area contributed by atoms with Crippen molar-refractivity contribution in [3.8, 4) is 0 Å². The van der Waals surface area contributed by atoms with E-state index in [0.717, 1.165) is 58.6 Å². The van der Waals surface area contributed by atoms with E-state index in [1.807, 2.05) is 28.0 Å². The second-order valence-corrected chi connectivity index (χ2v) is 9.96. The minimum atomic E-state index is -0.461. The molecule has 0 bridgehead atoms. The summed E-state index contributed by atoms with van der Waals surface area (Å²) in [5.74, 6) is 0.173. The Hall–Kier alpha value is -3.60. The van der Waals surface area contributed by atoms with E-state index >= 15 is 0 Å². The summed E-state index contributed by atoms with van der Waals surface area (Å²) in [6.07, 6.45) is 4.87. The summed E-state index contributed by atoms with van der Waals surface area (Å²) >= 11 is 0. The lowest BCUT2D eigenvalue weighted by atomic mass is 9.84. The zero-order chi connectivity index (χ0) is 22.8. The number of fused-ring (bicyclic) bond motifs is 5. The third-order valence-electron chi connectivity index (χ3n) is 8.18. The lowest BCUT2D eigenvalue weighted by Crippen LogP contribution is -2.64. The largest absolute Gasteiger partial charge is 0.356 e. The molecule has 3 aromatic carbocycles. The highest BCUT2D eigenvalue weighted by Gasteiger charge is 2.49. The fourth-order valence-corrected chi connectivity index (χ4v) is 6.62. The van der Waals surface area contributed by atoms with Gasteiger partial charge in [0.25, 0.3) is 0 Å². The zero-order valence-corrected chi connectivity index (χ0v) is 19.0. The lowest BCUT2D eigenvalue weighted by molar-refractivity contribution is -0.160. The minimum Gasteiger partial charge on any atom is -0.356 e. The standard InChI is InChI=1S/C29H27N3O2/c33-26-17-31(19-10-2-3-11-19)29(34)25-16-23-21-13-5-6-15-24(21)30-27(23)28(32(25)26)22-14-7-9-18-8-1-4-12-20(18)22/h1,4-9,12-15,19,25,28,30H,2-3,10-11,16-17H2/t25-,28+/m0/s1. The zero-order valence-electron chi connectivity index (χ0n) is 19.0. The van der Waals surface area contributed by atoms with Crippen LogP contribution in [0.15, 0.2) is 66.7 Å². The molecule has 0 spiro atoms. The lowest BCUT2D eigenvalue weighted by Gasteiger charge is -2.48. The molecule has 7 rings (SSSR count). The van der Waals surface area contributed by atoms with E-state index in [0.29, 0.717) is 6.42 Å². The van der Waals surface area contributed by atoms with Crippen molar-refractivity contribution in [1.82, 2.24) is 14.8 Å². The van der Waals surface area contributed by atoms with Gasteiger partial charge in [-0.2, -0.15) is 0 Å². The van der Waals surface area contributed by atoms with Crippen LogP contribution in [0, 0.1) is 0 Å². The fourth-order valence-electron chi connectivity index (χ4n) is 6.62. The molecule has 2 fully saturated rings. The molecule has 1 saturated carbocycles. The van der Waals surface area contributed by atoms with Crippen molar-refractivity contribution in [1.29, 1.82) is 0 Å². The van der Waals surface area contributed by atoms with Gasteiger partial charge in [0.2, 0.25) is 11.8 Å². The van der Waals surface area contributed by atoms with Crippen molar-refractivity contribution in [3.63, 3.8) is 0 Å². The Morgan fingerprint density at radius 2 is 1.56 bits per heavy atom. The number of nitrogens with zero attached hydrogens (tertiary/aromatic N) is 2. The van der Waals surface area contributed by atoms with Gasteiger partial charge >= 0.3 is 0 Å². The molecule has 4 aromatic rings. The summed E-state index contributed by atoms with van der Waals surface area (Å²) in [5, 5.41) is 3.42. The molecule has 170 valence electrons. The molecule has 1 aliphatic carbocycles. The van der Waals surface area contributed by atoms with Crippen LogP contribution in [0.5, 0.6) is 0 Å². The third-order valence-corrected chi connectivity index (χ3v) is 8.18. The number of benzene rings is 3. The van der Waals surface area contributed by atoms with E-state index < -0.39 is 6.04 Å². The van der Waals surface area contributed by atoms with Crippen molar-refractivity contribution < 1.29 is 9.59 Å². The monoisotopic (exact) mass is 449 g/mol. The predicted molar refractivity (Wildman–Crippen MR) is 132 cm³/mol. The number of piperazine rings is 1. The first kappa shape index (κ1) is 19.8. The number of para-hydroxylation sites is 1. The average molecular weight is 450 g/mol. The van der Waals surface area contributed by atoms with E-state index in [4.69, 9.17) is 0 Å². The van der Waals surface area contributed by atoms with Gasteiger partial charge < -0.3 is 14.8 Å². The molecule has 2 atom stereocenters. The fraction of sp³-hybridized carbons (Fsp3) is 0.310. The van der Waals surface area contributed by atoms with Crippen LogP contribution in [0.4, 0.5) is 0 Å². The number of hydrogen-bond acceptors (Lipinski definition) is 2. The molecule has 1 saturated heterocycles. The number of carbonyl (C=O) groups excluding carboxylic acids is 2. The molecular formula is C29H27N3O2. The van der Waals surface area contributed by atoms with E-state index in [1.54, 1.807) is 0 Å².